The monoisotopic (exact) mass is 437 g/mol. The largest absolute Gasteiger partial charge is 0.357 e. The predicted octanol–water partition coefficient (Wildman–Crippen LogP) is 3.29. The van der Waals surface area contributed by atoms with Gasteiger partial charge in [0.25, 0.3) is 0 Å². The average Bonchev–Trinajstić information content (AvgIpc) is 2.61. The molecule has 0 radical (unpaired) electrons. The van der Waals surface area contributed by atoms with Crippen LogP contribution in [0.15, 0.2) is 62.9 Å². The maximum absolute atomic E-state index is 12.4. The number of hydrogen-bond acceptors (Lipinski definition) is 3. The standard InChI is InChI=1S/C19H24BrN3O2S/c1-3-21-19(23-14-16-7-5-4-6-15(16)2)22-12-13-26(24,25)18-10-8-17(20)9-11-18/h4-11H,3,12-14H2,1-2H3,(H2,21,22,23). The molecule has 0 fully saturated rings. The van der Waals surface area contributed by atoms with Gasteiger partial charge < -0.3 is 10.6 Å². The summed E-state index contributed by atoms with van der Waals surface area (Å²) in [6.45, 7) is 5.57. The van der Waals surface area contributed by atoms with Crippen molar-refractivity contribution >= 4 is 31.7 Å². The fourth-order valence-corrected chi connectivity index (χ4v) is 3.78. The summed E-state index contributed by atoms with van der Waals surface area (Å²) in [4.78, 5) is 4.87. The Kier molecular flexibility index (Phi) is 7.66. The number of benzene rings is 2. The topological polar surface area (TPSA) is 70.6 Å². The van der Waals surface area contributed by atoms with Crippen LogP contribution in [0.2, 0.25) is 0 Å². The molecule has 0 unspecified atom stereocenters. The Bertz CT molecular complexity index is 849. The second-order valence-corrected chi connectivity index (χ2v) is 8.85. The number of hydrogen-bond donors (Lipinski definition) is 2. The van der Waals surface area contributed by atoms with E-state index in [2.05, 4.69) is 44.5 Å². The number of aryl methyl sites for hydroxylation is 1. The zero-order valence-electron chi connectivity index (χ0n) is 15.0. The molecule has 0 aliphatic heterocycles. The van der Waals surface area contributed by atoms with Crippen LogP contribution in [0.4, 0.5) is 0 Å². The molecule has 0 amide bonds. The highest BCUT2D eigenvalue weighted by Gasteiger charge is 2.14. The molecular weight excluding hydrogens is 414 g/mol. The maximum Gasteiger partial charge on any atom is 0.191 e. The van der Waals surface area contributed by atoms with Crippen LogP contribution in [0.5, 0.6) is 0 Å². The molecule has 0 spiro atoms. The molecule has 0 aromatic heterocycles. The van der Waals surface area contributed by atoms with Gasteiger partial charge in [-0.05, 0) is 49.2 Å². The number of aliphatic imine (C=N–C) groups is 1. The zero-order chi connectivity index (χ0) is 19.0. The summed E-state index contributed by atoms with van der Waals surface area (Å²) < 4.78 is 25.6. The van der Waals surface area contributed by atoms with Gasteiger partial charge in [-0.15, -0.1) is 0 Å². The minimum atomic E-state index is -3.33. The van der Waals surface area contributed by atoms with Crippen molar-refractivity contribution in [2.24, 2.45) is 4.99 Å². The number of sulfone groups is 1. The van der Waals surface area contributed by atoms with Gasteiger partial charge in [0.05, 0.1) is 17.2 Å². The van der Waals surface area contributed by atoms with Crippen LogP contribution in [0, 0.1) is 6.92 Å². The van der Waals surface area contributed by atoms with Crippen LogP contribution in [0.3, 0.4) is 0 Å². The van der Waals surface area contributed by atoms with E-state index in [-0.39, 0.29) is 12.3 Å². The fourth-order valence-electron chi connectivity index (χ4n) is 2.36. The Morgan fingerprint density at radius 1 is 1.08 bits per heavy atom. The predicted molar refractivity (Wildman–Crippen MR) is 110 cm³/mol. The molecule has 2 aromatic rings. The first kappa shape index (κ1) is 20.5. The van der Waals surface area contributed by atoms with Crippen LogP contribution in [-0.2, 0) is 16.4 Å². The van der Waals surface area contributed by atoms with Crippen LogP contribution < -0.4 is 10.6 Å². The molecule has 0 aliphatic carbocycles. The second-order valence-electron chi connectivity index (χ2n) is 5.82. The average molecular weight is 438 g/mol. The molecule has 2 rings (SSSR count). The molecule has 0 heterocycles. The molecule has 0 saturated heterocycles. The zero-order valence-corrected chi connectivity index (χ0v) is 17.4. The Morgan fingerprint density at radius 2 is 1.77 bits per heavy atom. The smallest absolute Gasteiger partial charge is 0.191 e. The first-order chi connectivity index (χ1) is 12.4. The van der Waals surface area contributed by atoms with Gasteiger partial charge in [0.2, 0.25) is 0 Å². The van der Waals surface area contributed by atoms with Crippen molar-refractivity contribution in [1.29, 1.82) is 0 Å². The number of guanidine groups is 1. The molecular formula is C19H24BrN3O2S. The Morgan fingerprint density at radius 3 is 2.42 bits per heavy atom. The summed E-state index contributed by atoms with van der Waals surface area (Å²) in [5.74, 6) is 0.616. The Hall–Kier alpha value is -1.86. The fraction of sp³-hybridized carbons (Fsp3) is 0.316. The second kappa shape index (κ2) is 9.73. The quantitative estimate of drug-likeness (QED) is 0.514. The van der Waals surface area contributed by atoms with E-state index in [0.29, 0.717) is 23.9 Å². The normalized spacial score (nSPS) is 12.0. The highest BCUT2D eigenvalue weighted by atomic mass is 79.9. The first-order valence-electron chi connectivity index (χ1n) is 8.47. The van der Waals surface area contributed by atoms with E-state index in [9.17, 15) is 8.42 Å². The van der Waals surface area contributed by atoms with E-state index in [1.165, 1.54) is 5.56 Å². The van der Waals surface area contributed by atoms with Crippen molar-refractivity contribution < 1.29 is 8.42 Å². The SMILES string of the molecule is CCNC(=NCc1ccccc1C)NCCS(=O)(=O)c1ccc(Br)cc1. The maximum atomic E-state index is 12.4. The van der Waals surface area contributed by atoms with Gasteiger partial charge in [-0.25, -0.2) is 13.4 Å². The molecule has 140 valence electrons. The lowest BCUT2D eigenvalue weighted by Gasteiger charge is -2.12. The lowest BCUT2D eigenvalue weighted by Crippen LogP contribution is -2.39. The Balaban J connectivity index is 1.96. The summed E-state index contributed by atoms with van der Waals surface area (Å²) in [6, 6.07) is 14.8. The molecule has 7 heteroatoms. The third-order valence-corrected chi connectivity index (χ3v) is 6.11. The van der Waals surface area contributed by atoms with Crippen molar-refractivity contribution in [1.82, 2.24) is 10.6 Å². The van der Waals surface area contributed by atoms with Crippen LogP contribution in [-0.4, -0.2) is 33.2 Å². The third-order valence-electron chi connectivity index (χ3n) is 3.85. The van der Waals surface area contributed by atoms with E-state index in [1.54, 1.807) is 24.3 Å². The van der Waals surface area contributed by atoms with Gasteiger partial charge in [-0.3, -0.25) is 0 Å². The number of nitrogens with one attached hydrogen (secondary N) is 2. The number of halogens is 1. The highest BCUT2D eigenvalue weighted by molar-refractivity contribution is 9.10. The minimum Gasteiger partial charge on any atom is -0.357 e. The van der Waals surface area contributed by atoms with Gasteiger partial charge in [0.1, 0.15) is 0 Å². The van der Waals surface area contributed by atoms with Crippen LogP contribution in [0.1, 0.15) is 18.1 Å². The van der Waals surface area contributed by atoms with Crippen molar-refractivity contribution in [3.8, 4) is 0 Å². The van der Waals surface area contributed by atoms with Crippen molar-refractivity contribution in [2.75, 3.05) is 18.8 Å². The molecule has 2 aromatic carbocycles. The summed E-state index contributed by atoms with van der Waals surface area (Å²) in [6.07, 6.45) is 0. The van der Waals surface area contributed by atoms with Gasteiger partial charge in [-0.1, -0.05) is 40.2 Å². The molecule has 26 heavy (non-hydrogen) atoms. The lowest BCUT2D eigenvalue weighted by molar-refractivity contribution is 0.594. The molecule has 5 nitrogen and oxygen atoms in total. The molecule has 0 bridgehead atoms. The molecule has 0 atom stereocenters. The van der Waals surface area contributed by atoms with Gasteiger partial charge in [0.15, 0.2) is 15.8 Å². The van der Waals surface area contributed by atoms with E-state index in [4.69, 9.17) is 0 Å². The summed E-state index contributed by atoms with van der Waals surface area (Å²) >= 11 is 3.31. The van der Waals surface area contributed by atoms with Gasteiger partial charge in [0, 0.05) is 17.6 Å². The number of rotatable bonds is 7. The van der Waals surface area contributed by atoms with Crippen molar-refractivity contribution in [3.63, 3.8) is 0 Å². The molecule has 0 aliphatic rings. The van der Waals surface area contributed by atoms with Crippen molar-refractivity contribution in [3.05, 3.63) is 64.1 Å². The highest BCUT2D eigenvalue weighted by Crippen LogP contribution is 2.15. The summed E-state index contributed by atoms with van der Waals surface area (Å²) in [5.41, 5.74) is 2.33. The van der Waals surface area contributed by atoms with E-state index in [1.807, 2.05) is 25.1 Å². The molecule has 0 saturated carbocycles. The third kappa shape index (κ3) is 6.14. The van der Waals surface area contributed by atoms with Gasteiger partial charge in [-0.2, -0.15) is 0 Å². The van der Waals surface area contributed by atoms with Crippen molar-refractivity contribution in [2.45, 2.75) is 25.3 Å². The van der Waals surface area contributed by atoms with Crippen LogP contribution in [0.25, 0.3) is 0 Å². The Labute approximate surface area is 164 Å². The molecule has 2 N–H and O–H groups in total. The van der Waals surface area contributed by atoms with E-state index < -0.39 is 9.84 Å². The van der Waals surface area contributed by atoms with E-state index in [0.717, 1.165) is 10.0 Å². The van der Waals surface area contributed by atoms with Gasteiger partial charge >= 0.3 is 0 Å². The van der Waals surface area contributed by atoms with E-state index >= 15 is 0 Å². The first-order valence-corrected chi connectivity index (χ1v) is 10.9. The summed E-state index contributed by atoms with van der Waals surface area (Å²) in [5, 5.41) is 6.24. The summed E-state index contributed by atoms with van der Waals surface area (Å²) in [7, 11) is -3.33. The lowest BCUT2D eigenvalue weighted by atomic mass is 10.1. The number of nitrogens with zero attached hydrogens (tertiary/aromatic N) is 1. The minimum absolute atomic E-state index is 0.00338. The van der Waals surface area contributed by atoms with Crippen LogP contribution >= 0.6 is 15.9 Å².